The first-order valence-electron chi connectivity index (χ1n) is 9.98. The summed E-state index contributed by atoms with van der Waals surface area (Å²) in [7, 11) is 0. The standard InChI is InChI=1S/C20H24F3N5O3/c1-3-17(27-14(2)11-18(24-27)28(30)31)19(29)26-9-7-25(8-10-26)13-15-5-4-6-16(12-15)20(21,22)23/h4-6,11-12,17H,3,7-10,13H2,1-2H3. The zero-order chi connectivity index (χ0) is 22.8. The minimum absolute atomic E-state index is 0.165. The minimum Gasteiger partial charge on any atom is -0.358 e. The van der Waals surface area contributed by atoms with Gasteiger partial charge in [0.05, 0.1) is 22.4 Å². The van der Waals surface area contributed by atoms with Crippen molar-refractivity contribution in [3.05, 3.63) is 57.3 Å². The molecule has 8 nitrogen and oxygen atoms in total. The van der Waals surface area contributed by atoms with E-state index in [9.17, 15) is 28.1 Å². The highest BCUT2D eigenvalue weighted by Gasteiger charge is 2.33. The van der Waals surface area contributed by atoms with Crippen molar-refractivity contribution >= 4 is 11.7 Å². The Morgan fingerprint density at radius 3 is 2.45 bits per heavy atom. The molecule has 2 heterocycles. The van der Waals surface area contributed by atoms with Crippen molar-refractivity contribution in [2.75, 3.05) is 26.2 Å². The lowest BCUT2D eigenvalue weighted by Crippen LogP contribution is -2.50. The molecular weight excluding hydrogens is 415 g/mol. The van der Waals surface area contributed by atoms with Crippen LogP contribution in [0, 0.1) is 17.0 Å². The second kappa shape index (κ2) is 9.04. The molecule has 1 aromatic heterocycles. The fourth-order valence-electron chi connectivity index (χ4n) is 3.77. The van der Waals surface area contributed by atoms with E-state index < -0.39 is 22.7 Å². The monoisotopic (exact) mass is 439 g/mol. The average molecular weight is 439 g/mol. The lowest BCUT2D eigenvalue weighted by molar-refractivity contribution is -0.389. The molecule has 1 unspecified atom stereocenters. The number of aromatic nitrogens is 2. The molecule has 1 atom stereocenters. The number of nitrogens with zero attached hydrogens (tertiary/aromatic N) is 5. The number of rotatable bonds is 6. The maximum Gasteiger partial charge on any atom is 0.416 e. The molecule has 1 aliphatic heterocycles. The van der Waals surface area contributed by atoms with Gasteiger partial charge >= 0.3 is 12.0 Å². The number of alkyl halides is 3. The van der Waals surface area contributed by atoms with Crippen LogP contribution in [0.15, 0.2) is 30.3 Å². The van der Waals surface area contributed by atoms with E-state index in [1.165, 1.54) is 16.8 Å². The summed E-state index contributed by atoms with van der Waals surface area (Å²) in [5, 5.41) is 14.9. The summed E-state index contributed by atoms with van der Waals surface area (Å²) in [5.41, 5.74) is 0.434. The number of aryl methyl sites for hydroxylation is 1. The van der Waals surface area contributed by atoms with Crippen LogP contribution in [0.5, 0.6) is 0 Å². The van der Waals surface area contributed by atoms with Gasteiger partial charge in [-0.15, -0.1) is 0 Å². The molecule has 2 aromatic rings. The zero-order valence-electron chi connectivity index (χ0n) is 17.3. The van der Waals surface area contributed by atoms with Gasteiger partial charge in [-0.2, -0.15) is 17.9 Å². The van der Waals surface area contributed by atoms with Crippen molar-refractivity contribution in [3.63, 3.8) is 0 Å². The summed E-state index contributed by atoms with van der Waals surface area (Å²) in [6.45, 7) is 5.76. The number of piperazine rings is 1. The van der Waals surface area contributed by atoms with Crippen LogP contribution in [0.3, 0.4) is 0 Å². The van der Waals surface area contributed by atoms with Gasteiger partial charge in [0.15, 0.2) is 6.04 Å². The van der Waals surface area contributed by atoms with E-state index in [0.29, 0.717) is 50.4 Å². The Morgan fingerprint density at radius 2 is 1.90 bits per heavy atom. The highest BCUT2D eigenvalue weighted by Crippen LogP contribution is 2.30. The van der Waals surface area contributed by atoms with Crippen molar-refractivity contribution in [2.45, 2.75) is 39.0 Å². The van der Waals surface area contributed by atoms with Gasteiger partial charge in [0.25, 0.3) is 0 Å². The van der Waals surface area contributed by atoms with Crippen LogP contribution in [-0.4, -0.2) is 56.6 Å². The summed E-state index contributed by atoms with van der Waals surface area (Å²) in [6, 6.07) is 5.96. The molecule has 0 bridgehead atoms. The van der Waals surface area contributed by atoms with Crippen LogP contribution in [0.1, 0.15) is 36.2 Å². The Hall–Kier alpha value is -2.95. The van der Waals surface area contributed by atoms with Crippen LogP contribution in [0.2, 0.25) is 0 Å². The van der Waals surface area contributed by atoms with Crippen molar-refractivity contribution in [1.82, 2.24) is 19.6 Å². The topological polar surface area (TPSA) is 84.5 Å². The molecule has 0 N–H and O–H groups in total. The first kappa shape index (κ1) is 22.7. The zero-order valence-corrected chi connectivity index (χ0v) is 17.3. The summed E-state index contributed by atoms with van der Waals surface area (Å²) in [5.74, 6) is -0.461. The van der Waals surface area contributed by atoms with Gasteiger partial charge in [0.2, 0.25) is 5.91 Å². The van der Waals surface area contributed by atoms with Gasteiger partial charge < -0.3 is 15.0 Å². The molecule has 168 valence electrons. The molecule has 1 amide bonds. The molecule has 1 saturated heterocycles. The Labute approximate surface area is 177 Å². The molecule has 31 heavy (non-hydrogen) atoms. The van der Waals surface area contributed by atoms with E-state index >= 15 is 0 Å². The third-order valence-electron chi connectivity index (χ3n) is 5.41. The Balaban J connectivity index is 1.62. The lowest BCUT2D eigenvalue weighted by atomic mass is 10.1. The van der Waals surface area contributed by atoms with E-state index in [1.54, 1.807) is 17.9 Å². The van der Waals surface area contributed by atoms with E-state index in [1.807, 2.05) is 11.8 Å². The number of benzene rings is 1. The summed E-state index contributed by atoms with van der Waals surface area (Å²) in [6.07, 6.45) is -3.95. The lowest BCUT2D eigenvalue weighted by Gasteiger charge is -2.36. The van der Waals surface area contributed by atoms with Crippen LogP contribution < -0.4 is 0 Å². The van der Waals surface area contributed by atoms with Gasteiger partial charge in [0.1, 0.15) is 0 Å². The normalized spacial score (nSPS) is 16.4. The first-order valence-corrected chi connectivity index (χ1v) is 9.98. The highest BCUT2D eigenvalue weighted by molar-refractivity contribution is 5.80. The predicted molar refractivity (Wildman–Crippen MR) is 106 cm³/mol. The van der Waals surface area contributed by atoms with Crippen LogP contribution in [0.4, 0.5) is 19.0 Å². The fourth-order valence-corrected chi connectivity index (χ4v) is 3.77. The molecule has 0 saturated carbocycles. The average Bonchev–Trinajstić information content (AvgIpc) is 3.10. The van der Waals surface area contributed by atoms with E-state index in [0.717, 1.165) is 12.1 Å². The van der Waals surface area contributed by atoms with Gasteiger partial charge in [0, 0.05) is 32.7 Å². The van der Waals surface area contributed by atoms with E-state index in [4.69, 9.17) is 0 Å². The number of hydrogen-bond donors (Lipinski definition) is 0. The van der Waals surface area contributed by atoms with Crippen molar-refractivity contribution < 1.29 is 22.9 Å². The fraction of sp³-hybridized carbons (Fsp3) is 0.500. The van der Waals surface area contributed by atoms with E-state index in [2.05, 4.69) is 5.10 Å². The van der Waals surface area contributed by atoms with Gasteiger partial charge in [-0.1, -0.05) is 25.1 Å². The number of hydrogen-bond acceptors (Lipinski definition) is 5. The molecule has 0 spiro atoms. The Kier molecular flexibility index (Phi) is 6.63. The largest absolute Gasteiger partial charge is 0.416 e. The number of halogens is 3. The highest BCUT2D eigenvalue weighted by atomic mass is 19.4. The molecule has 1 aliphatic rings. The minimum atomic E-state index is -4.38. The number of amides is 1. The van der Waals surface area contributed by atoms with Crippen molar-refractivity contribution in [2.24, 2.45) is 0 Å². The van der Waals surface area contributed by atoms with Crippen LogP contribution in [-0.2, 0) is 17.5 Å². The summed E-state index contributed by atoms with van der Waals surface area (Å²) >= 11 is 0. The molecule has 0 radical (unpaired) electrons. The second-order valence-electron chi connectivity index (χ2n) is 7.57. The smallest absolute Gasteiger partial charge is 0.358 e. The molecule has 11 heteroatoms. The summed E-state index contributed by atoms with van der Waals surface area (Å²) in [4.78, 5) is 27.1. The SMILES string of the molecule is CCC(C(=O)N1CCN(Cc2cccc(C(F)(F)F)c2)CC1)n1nc([N+](=O)[O-])cc1C. The quantitative estimate of drug-likeness (QED) is 0.509. The third kappa shape index (κ3) is 5.22. The molecular formula is C20H24F3N5O3. The molecule has 3 rings (SSSR count). The first-order chi connectivity index (χ1) is 14.6. The number of nitro groups is 1. The van der Waals surface area contributed by atoms with Gasteiger partial charge in [-0.05, 0) is 29.9 Å². The maximum atomic E-state index is 13.0. The van der Waals surface area contributed by atoms with Gasteiger partial charge in [-0.3, -0.25) is 9.69 Å². The molecule has 0 aliphatic carbocycles. The van der Waals surface area contributed by atoms with Crippen molar-refractivity contribution in [3.8, 4) is 0 Å². The second-order valence-corrected chi connectivity index (χ2v) is 7.57. The predicted octanol–water partition coefficient (Wildman–Crippen LogP) is 3.41. The summed E-state index contributed by atoms with van der Waals surface area (Å²) < 4.78 is 40.1. The maximum absolute atomic E-state index is 13.0. The Morgan fingerprint density at radius 1 is 1.23 bits per heavy atom. The van der Waals surface area contributed by atoms with Crippen LogP contribution in [0.25, 0.3) is 0 Å². The Bertz CT molecular complexity index is 952. The number of carbonyl (C=O) groups is 1. The molecule has 1 aromatic carbocycles. The molecule has 1 fully saturated rings. The van der Waals surface area contributed by atoms with Crippen molar-refractivity contribution in [1.29, 1.82) is 0 Å². The number of carbonyl (C=O) groups excluding carboxylic acids is 1. The van der Waals surface area contributed by atoms with E-state index in [-0.39, 0.29) is 11.7 Å². The third-order valence-corrected chi connectivity index (χ3v) is 5.41. The van der Waals surface area contributed by atoms with Gasteiger partial charge in [-0.25, -0.2) is 0 Å². The van der Waals surface area contributed by atoms with Crippen LogP contribution >= 0.6 is 0 Å².